The SMILES string of the molecule is CCS(=O)(=O)Nc1ccc(C(=O)C=Cc2cn(-c3ccccc3)nc2-c2ccncc2)cc1. The van der Waals surface area contributed by atoms with E-state index in [2.05, 4.69) is 9.71 Å². The molecule has 0 atom stereocenters. The first-order chi connectivity index (χ1) is 15.9. The van der Waals surface area contributed by atoms with Crippen molar-refractivity contribution in [3.05, 3.63) is 103 Å². The maximum absolute atomic E-state index is 12.7. The lowest BCUT2D eigenvalue weighted by molar-refractivity contribution is 0.104. The Morgan fingerprint density at radius 3 is 2.36 bits per heavy atom. The summed E-state index contributed by atoms with van der Waals surface area (Å²) in [7, 11) is -3.37. The van der Waals surface area contributed by atoms with E-state index >= 15 is 0 Å². The standard InChI is InChI=1S/C25H22N4O3S/c1-2-33(31,32)28-22-11-8-19(9-12-22)24(30)13-10-21-18-29(23-6-4-3-5-7-23)27-25(21)20-14-16-26-17-15-20/h3-18,28H,2H2,1H3. The Labute approximate surface area is 192 Å². The third-order valence-corrected chi connectivity index (χ3v) is 6.26. The van der Waals surface area contributed by atoms with E-state index in [-0.39, 0.29) is 11.5 Å². The second kappa shape index (κ2) is 9.62. The van der Waals surface area contributed by atoms with Crippen LogP contribution in [-0.4, -0.2) is 34.7 Å². The smallest absolute Gasteiger partial charge is 0.232 e. The van der Waals surface area contributed by atoms with Crippen LogP contribution in [-0.2, 0) is 10.0 Å². The number of nitrogens with zero attached hydrogens (tertiary/aromatic N) is 3. The van der Waals surface area contributed by atoms with E-state index in [9.17, 15) is 13.2 Å². The van der Waals surface area contributed by atoms with Gasteiger partial charge in [-0.05, 0) is 67.6 Å². The van der Waals surface area contributed by atoms with Gasteiger partial charge >= 0.3 is 0 Å². The highest BCUT2D eigenvalue weighted by Gasteiger charge is 2.12. The van der Waals surface area contributed by atoms with Gasteiger partial charge in [0.15, 0.2) is 5.78 Å². The number of carbonyl (C=O) groups excluding carboxylic acids is 1. The minimum Gasteiger partial charge on any atom is -0.289 e. The Morgan fingerprint density at radius 1 is 1.00 bits per heavy atom. The van der Waals surface area contributed by atoms with Gasteiger partial charge in [0.25, 0.3) is 0 Å². The Balaban J connectivity index is 1.60. The fraction of sp³-hybridized carbons (Fsp3) is 0.0800. The zero-order valence-corrected chi connectivity index (χ0v) is 18.7. The van der Waals surface area contributed by atoms with Crippen LogP contribution >= 0.6 is 0 Å². The minimum absolute atomic E-state index is 0.0209. The average molecular weight is 459 g/mol. The van der Waals surface area contributed by atoms with Crippen molar-refractivity contribution in [2.45, 2.75) is 6.92 Å². The van der Waals surface area contributed by atoms with Crippen LogP contribution < -0.4 is 4.72 Å². The number of hydrogen-bond acceptors (Lipinski definition) is 5. The molecule has 4 rings (SSSR count). The lowest BCUT2D eigenvalue weighted by Crippen LogP contribution is -2.14. The third-order valence-electron chi connectivity index (χ3n) is 4.95. The van der Waals surface area contributed by atoms with E-state index in [0.717, 1.165) is 22.5 Å². The van der Waals surface area contributed by atoms with E-state index in [1.807, 2.05) is 48.7 Å². The molecule has 0 amide bonds. The Hall–Kier alpha value is -4.04. The third kappa shape index (κ3) is 5.42. The molecule has 0 unspecified atom stereocenters. The molecule has 0 aliphatic heterocycles. The maximum atomic E-state index is 12.7. The predicted octanol–water partition coefficient (Wildman–Crippen LogP) is 4.59. The summed E-state index contributed by atoms with van der Waals surface area (Å²) < 4.78 is 27.6. The van der Waals surface area contributed by atoms with E-state index < -0.39 is 10.0 Å². The van der Waals surface area contributed by atoms with Crippen molar-refractivity contribution < 1.29 is 13.2 Å². The average Bonchev–Trinajstić information content (AvgIpc) is 3.28. The normalized spacial score (nSPS) is 11.5. The predicted molar refractivity (Wildman–Crippen MR) is 130 cm³/mol. The topological polar surface area (TPSA) is 94.0 Å². The van der Waals surface area contributed by atoms with E-state index in [1.165, 1.54) is 6.08 Å². The highest BCUT2D eigenvalue weighted by Crippen LogP contribution is 2.24. The number of ketones is 1. The summed E-state index contributed by atoms with van der Waals surface area (Å²) in [6, 6.07) is 19.8. The molecule has 33 heavy (non-hydrogen) atoms. The molecule has 166 valence electrons. The summed E-state index contributed by atoms with van der Waals surface area (Å²) >= 11 is 0. The van der Waals surface area contributed by atoms with E-state index in [4.69, 9.17) is 5.10 Å². The molecule has 0 aliphatic carbocycles. The zero-order chi connectivity index (χ0) is 23.3. The maximum Gasteiger partial charge on any atom is 0.232 e. The summed E-state index contributed by atoms with van der Waals surface area (Å²) in [4.78, 5) is 16.8. The molecule has 2 aromatic heterocycles. The van der Waals surface area contributed by atoms with Crippen LogP contribution in [0.15, 0.2) is 91.4 Å². The van der Waals surface area contributed by atoms with Gasteiger partial charge in [-0.15, -0.1) is 0 Å². The molecular weight excluding hydrogens is 436 g/mol. The first-order valence-electron chi connectivity index (χ1n) is 10.3. The lowest BCUT2D eigenvalue weighted by atomic mass is 10.1. The molecule has 0 fully saturated rings. The van der Waals surface area contributed by atoms with Crippen LogP contribution in [0.3, 0.4) is 0 Å². The van der Waals surface area contributed by atoms with Crippen LogP contribution in [0.2, 0.25) is 0 Å². The molecule has 1 N–H and O–H groups in total. The van der Waals surface area contributed by atoms with Crippen LogP contribution in [0.4, 0.5) is 5.69 Å². The molecule has 2 heterocycles. The number of para-hydroxylation sites is 1. The van der Waals surface area contributed by atoms with Crippen molar-refractivity contribution in [3.8, 4) is 16.9 Å². The first kappa shape index (κ1) is 22.2. The van der Waals surface area contributed by atoms with Gasteiger partial charge in [-0.1, -0.05) is 18.2 Å². The number of nitrogens with one attached hydrogen (secondary N) is 1. The molecule has 0 radical (unpaired) electrons. The zero-order valence-electron chi connectivity index (χ0n) is 17.9. The largest absolute Gasteiger partial charge is 0.289 e. The van der Waals surface area contributed by atoms with Gasteiger partial charge in [0.2, 0.25) is 10.0 Å². The Bertz CT molecular complexity index is 1380. The highest BCUT2D eigenvalue weighted by molar-refractivity contribution is 7.92. The number of carbonyl (C=O) groups is 1. The quantitative estimate of drug-likeness (QED) is 0.308. The molecule has 8 heteroatoms. The number of anilines is 1. The highest BCUT2D eigenvalue weighted by atomic mass is 32.2. The first-order valence-corrected chi connectivity index (χ1v) is 12.0. The molecule has 0 spiro atoms. The summed E-state index contributed by atoms with van der Waals surface area (Å²) in [5, 5.41) is 4.72. The molecule has 0 aliphatic rings. The molecular formula is C25H22N4O3S. The van der Waals surface area contributed by atoms with Crippen molar-refractivity contribution >= 4 is 27.6 Å². The van der Waals surface area contributed by atoms with Gasteiger partial charge in [0, 0.05) is 41.0 Å². The van der Waals surface area contributed by atoms with Crippen molar-refractivity contribution in [1.82, 2.24) is 14.8 Å². The molecule has 0 saturated carbocycles. The number of sulfonamides is 1. The summed E-state index contributed by atoms with van der Waals surface area (Å²) in [6.45, 7) is 1.56. The number of hydrogen-bond donors (Lipinski definition) is 1. The Kier molecular flexibility index (Phi) is 6.46. The van der Waals surface area contributed by atoms with Gasteiger partial charge in [0.1, 0.15) is 5.69 Å². The van der Waals surface area contributed by atoms with Crippen molar-refractivity contribution in [2.75, 3.05) is 10.5 Å². The van der Waals surface area contributed by atoms with Gasteiger partial charge in [0.05, 0.1) is 11.4 Å². The van der Waals surface area contributed by atoms with Crippen LogP contribution in [0.1, 0.15) is 22.8 Å². The summed E-state index contributed by atoms with van der Waals surface area (Å²) in [5.74, 6) is -0.222. The monoisotopic (exact) mass is 458 g/mol. The number of pyridine rings is 1. The van der Waals surface area contributed by atoms with Crippen molar-refractivity contribution in [1.29, 1.82) is 0 Å². The van der Waals surface area contributed by atoms with Crippen LogP contribution in [0, 0.1) is 0 Å². The Morgan fingerprint density at radius 2 is 1.70 bits per heavy atom. The van der Waals surface area contributed by atoms with Crippen molar-refractivity contribution in [3.63, 3.8) is 0 Å². The molecule has 7 nitrogen and oxygen atoms in total. The molecule has 0 bridgehead atoms. The van der Waals surface area contributed by atoms with Gasteiger partial charge in [-0.3, -0.25) is 14.5 Å². The van der Waals surface area contributed by atoms with Crippen LogP contribution in [0.5, 0.6) is 0 Å². The molecule has 0 saturated heterocycles. The fourth-order valence-electron chi connectivity index (χ4n) is 3.17. The summed E-state index contributed by atoms with van der Waals surface area (Å²) in [6.07, 6.45) is 8.49. The second-order valence-electron chi connectivity index (χ2n) is 7.23. The number of benzene rings is 2. The second-order valence-corrected chi connectivity index (χ2v) is 9.24. The van der Waals surface area contributed by atoms with E-state index in [1.54, 1.807) is 54.3 Å². The van der Waals surface area contributed by atoms with E-state index in [0.29, 0.717) is 11.3 Å². The number of rotatable bonds is 8. The minimum atomic E-state index is -3.37. The molecule has 2 aromatic carbocycles. The van der Waals surface area contributed by atoms with Crippen molar-refractivity contribution in [2.24, 2.45) is 0 Å². The van der Waals surface area contributed by atoms with Gasteiger partial charge in [-0.25, -0.2) is 13.1 Å². The van der Waals surface area contributed by atoms with Gasteiger partial charge < -0.3 is 0 Å². The number of aromatic nitrogens is 3. The fourth-order valence-corrected chi connectivity index (χ4v) is 3.81. The van der Waals surface area contributed by atoms with Gasteiger partial charge in [-0.2, -0.15) is 5.10 Å². The lowest BCUT2D eigenvalue weighted by Gasteiger charge is -2.06. The summed E-state index contributed by atoms with van der Waals surface area (Å²) in [5.41, 5.74) is 4.18. The number of allylic oxidation sites excluding steroid dienone is 1. The van der Waals surface area contributed by atoms with Crippen LogP contribution in [0.25, 0.3) is 23.0 Å². The molecule has 4 aromatic rings.